The van der Waals surface area contributed by atoms with E-state index < -0.39 is 0 Å². The van der Waals surface area contributed by atoms with Gasteiger partial charge in [-0.05, 0) is 35.2 Å². The van der Waals surface area contributed by atoms with E-state index in [0.717, 1.165) is 25.1 Å². The lowest BCUT2D eigenvalue weighted by Crippen LogP contribution is -2.37. The molecule has 0 saturated carbocycles. The van der Waals surface area contributed by atoms with E-state index in [0.29, 0.717) is 6.04 Å². The summed E-state index contributed by atoms with van der Waals surface area (Å²) in [5.41, 5.74) is 3.72. The number of hydrogen-bond donors (Lipinski definition) is 1. The molecular formula is C17H17FN2. The predicted octanol–water partition coefficient (Wildman–Crippen LogP) is 2.96. The topological polar surface area (TPSA) is 24.4 Å². The summed E-state index contributed by atoms with van der Waals surface area (Å²) in [7, 11) is 0. The molecule has 0 saturated heterocycles. The van der Waals surface area contributed by atoms with Gasteiger partial charge in [-0.2, -0.15) is 0 Å². The van der Waals surface area contributed by atoms with E-state index in [-0.39, 0.29) is 5.82 Å². The minimum Gasteiger partial charge on any atom is -0.308 e. The van der Waals surface area contributed by atoms with Crippen molar-refractivity contribution in [1.29, 1.82) is 0 Å². The first-order valence-corrected chi connectivity index (χ1v) is 6.87. The Morgan fingerprint density at radius 3 is 2.65 bits per heavy atom. The summed E-state index contributed by atoms with van der Waals surface area (Å²) in [5.74, 6) is -0.215. The first kappa shape index (κ1) is 13.0. The molecule has 1 atom stereocenters. The number of nitrogens with zero attached hydrogens (tertiary/aromatic N) is 1. The maximum absolute atomic E-state index is 12.8. The van der Waals surface area contributed by atoms with Crippen molar-refractivity contribution >= 4 is 6.21 Å². The molecule has 0 radical (unpaired) electrons. The zero-order chi connectivity index (χ0) is 13.8. The zero-order valence-electron chi connectivity index (χ0n) is 11.2. The number of halogens is 1. The Morgan fingerprint density at radius 2 is 1.85 bits per heavy atom. The van der Waals surface area contributed by atoms with Gasteiger partial charge in [-0.3, -0.25) is 4.99 Å². The van der Waals surface area contributed by atoms with Crippen LogP contribution in [0, 0.1) is 5.82 Å². The van der Waals surface area contributed by atoms with Crippen molar-refractivity contribution in [2.45, 2.75) is 19.0 Å². The second-order valence-corrected chi connectivity index (χ2v) is 5.10. The van der Waals surface area contributed by atoms with Gasteiger partial charge >= 0.3 is 0 Å². The van der Waals surface area contributed by atoms with Crippen LogP contribution in [0.3, 0.4) is 0 Å². The van der Waals surface area contributed by atoms with Gasteiger partial charge in [-0.15, -0.1) is 0 Å². The number of rotatable bonds is 3. The minimum absolute atomic E-state index is 0.215. The molecule has 2 nitrogen and oxygen atoms in total. The summed E-state index contributed by atoms with van der Waals surface area (Å²) in [5, 5.41) is 3.50. The van der Waals surface area contributed by atoms with Gasteiger partial charge in [-0.1, -0.05) is 36.4 Å². The van der Waals surface area contributed by atoms with Crippen LogP contribution in [0.5, 0.6) is 0 Å². The summed E-state index contributed by atoms with van der Waals surface area (Å²) in [6, 6.07) is 15.3. The van der Waals surface area contributed by atoms with Crippen molar-refractivity contribution in [1.82, 2.24) is 5.32 Å². The van der Waals surface area contributed by atoms with Gasteiger partial charge in [0, 0.05) is 18.8 Å². The van der Waals surface area contributed by atoms with Gasteiger partial charge in [0.15, 0.2) is 0 Å². The van der Waals surface area contributed by atoms with E-state index in [2.05, 4.69) is 34.6 Å². The van der Waals surface area contributed by atoms with Gasteiger partial charge in [-0.25, -0.2) is 4.39 Å². The Morgan fingerprint density at radius 1 is 1.10 bits per heavy atom. The highest BCUT2D eigenvalue weighted by Gasteiger charge is 2.16. The minimum atomic E-state index is -0.215. The molecule has 3 heteroatoms. The van der Waals surface area contributed by atoms with Crippen LogP contribution in [-0.2, 0) is 13.0 Å². The largest absolute Gasteiger partial charge is 0.308 e. The highest BCUT2D eigenvalue weighted by Crippen LogP contribution is 2.16. The first-order valence-electron chi connectivity index (χ1n) is 6.87. The van der Waals surface area contributed by atoms with Crippen molar-refractivity contribution in [2.75, 3.05) is 6.54 Å². The highest BCUT2D eigenvalue weighted by atomic mass is 19.1. The maximum Gasteiger partial charge on any atom is 0.123 e. The zero-order valence-corrected chi connectivity index (χ0v) is 11.2. The molecule has 0 aromatic heterocycles. The molecule has 102 valence electrons. The molecule has 3 rings (SSSR count). The molecule has 1 aliphatic heterocycles. The van der Waals surface area contributed by atoms with Crippen molar-refractivity contribution in [2.24, 2.45) is 4.99 Å². The molecule has 0 amide bonds. The van der Waals surface area contributed by atoms with Crippen molar-refractivity contribution < 1.29 is 4.39 Å². The summed E-state index contributed by atoms with van der Waals surface area (Å²) in [6.45, 7) is 1.65. The number of nitrogens with one attached hydrogen (secondary N) is 1. The lowest BCUT2D eigenvalue weighted by Gasteiger charge is -2.24. The Balaban J connectivity index is 1.59. The third kappa shape index (κ3) is 3.11. The number of aliphatic imine (C=N–C) groups is 1. The second-order valence-electron chi connectivity index (χ2n) is 5.10. The molecule has 2 aromatic rings. The van der Waals surface area contributed by atoms with Gasteiger partial charge in [0.05, 0.1) is 6.54 Å². The monoisotopic (exact) mass is 268 g/mol. The predicted molar refractivity (Wildman–Crippen MR) is 79.6 cm³/mol. The Labute approximate surface area is 118 Å². The van der Waals surface area contributed by atoms with E-state index in [4.69, 9.17) is 0 Å². The van der Waals surface area contributed by atoms with Gasteiger partial charge in [0.1, 0.15) is 5.82 Å². The second kappa shape index (κ2) is 5.97. The molecule has 0 aliphatic carbocycles. The van der Waals surface area contributed by atoms with Crippen LogP contribution in [0.15, 0.2) is 53.5 Å². The third-order valence-corrected chi connectivity index (χ3v) is 3.60. The summed E-state index contributed by atoms with van der Waals surface area (Å²) >= 11 is 0. The number of fused-ring (bicyclic) bond motifs is 1. The molecule has 1 N–H and O–H groups in total. The van der Waals surface area contributed by atoms with Crippen molar-refractivity contribution in [3.8, 4) is 0 Å². The Bertz CT molecular complexity index is 605. The van der Waals surface area contributed by atoms with E-state index in [1.165, 1.54) is 23.3 Å². The summed E-state index contributed by atoms with van der Waals surface area (Å²) in [6.07, 6.45) is 2.82. The molecule has 0 fully saturated rings. The lowest BCUT2D eigenvalue weighted by atomic mass is 9.96. The fourth-order valence-electron chi connectivity index (χ4n) is 2.48. The van der Waals surface area contributed by atoms with E-state index in [1.807, 2.05) is 6.21 Å². The Kier molecular flexibility index (Phi) is 3.88. The number of hydrogen-bond acceptors (Lipinski definition) is 2. The smallest absolute Gasteiger partial charge is 0.123 e. The highest BCUT2D eigenvalue weighted by molar-refractivity contribution is 5.79. The summed E-state index contributed by atoms with van der Waals surface area (Å²) < 4.78 is 12.8. The molecule has 2 aromatic carbocycles. The maximum atomic E-state index is 12.8. The molecule has 1 unspecified atom stereocenters. The van der Waals surface area contributed by atoms with Crippen molar-refractivity contribution in [3.63, 3.8) is 0 Å². The average Bonchev–Trinajstić information content (AvgIpc) is 2.49. The van der Waals surface area contributed by atoms with E-state index >= 15 is 0 Å². The van der Waals surface area contributed by atoms with Crippen molar-refractivity contribution in [3.05, 3.63) is 71.0 Å². The lowest BCUT2D eigenvalue weighted by molar-refractivity contribution is 0.489. The standard InChI is InChI=1S/C17H17FN2/c18-16-7-5-13(6-8-16)10-19-12-17-9-14-3-1-2-4-15(14)11-20-17/h1-8,10,17,20H,9,11-12H2. The van der Waals surface area contributed by atoms with Crippen LogP contribution in [-0.4, -0.2) is 18.8 Å². The van der Waals surface area contributed by atoms with Crippen LogP contribution in [0.1, 0.15) is 16.7 Å². The molecule has 0 spiro atoms. The fourth-order valence-corrected chi connectivity index (χ4v) is 2.48. The van der Waals surface area contributed by atoms with Crippen LogP contribution in [0.4, 0.5) is 4.39 Å². The van der Waals surface area contributed by atoms with Gasteiger partial charge < -0.3 is 5.32 Å². The normalized spacial score (nSPS) is 18.1. The molecule has 20 heavy (non-hydrogen) atoms. The molecule has 1 heterocycles. The molecule has 1 aliphatic rings. The van der Waals surface area contributed by atoms with Crippen LogP contribution in [0.2, 0.25) is 0 Å². The SMILES string of the molecule is Fc1ccc(C=NCC2Cc3ccccc3CN2)cc1. The summed E-state index contributed by atoms with van der Waals surface area (Å²) in [4.78, 5) is 4.46. The molecule has 0 bridgehead atoms. The van der Waals surface area contributed by atoms with Crippen LogP contribution < -0.4 is 5.32 Å². The number of benzene rings is 2. The van der Waals surface area contributed by atoms with Gasteiger partial charge in [0.2, 0.25) is 0 Å². The Hall–Kier alpha value is -2.00. The van der Waals surface area contributed by atoms with E-state index in [9.17, 15) is 4.39 Å². The quantitative estimate of drug-likeness (QED) is 0.850. The van der Waals surface area contributed by atoms with Crippen LogP contribution in [0.25, 0.3) is 0 Å². The fraction of sp³-hybridized carbons (Fsp3) is 0.235. The van der Waals surface area contributed by atoms with Gasteiger partial charge in [0.25, 0.3) is 0 Å². The van der Waals surface area contributed by atoms with Crippen LogP contribution >= 0.6 is 0 Å². The van der Waals surface area contributed by atoms with E-state index in [1.54, 1.807) is 12.1 Å². The first-order chi connectivity index (χ1) is 9.81. The third-order valence-electron chi connectivity index (χ3n) is 3.60. The molecular weight excluding hydrogens is 251 g/mol. The average molecular weight is 268 g/mol.